The molecule has 1 aromatic heterocycles. The number of para-hydroxylation sites is 1. The van der Waals surface area contributed by atoms with Gasteiger partial charge >= 0.3 is 0 Å². The Kier molecular flexibility index (Phi) is 4.44. The largest absolute Gasteiger partial charge is 0.378 e. The van der Waals surface area contributed by atoms with Crippen LogP contribution in [0.1, 0.15) is 5.69 Å². The molecule has 4 rings (SSSR count). The first-order chi connectivity index (χ1) is 12.3. The minimum absolute atomic E-state index is 0.804. The van der Waals surface area contributed by atoms with Gasteiger partial charge in [0.05, 0.1) is 25.1 Å². The molecule has 0 saturated carbocycles. The molecule has 1 aliphatic heterocycles. The van der Waals surface area contributed by atoms with E-state index in [9.17, 15) is 0 Å². The van der Waals surface area contributed by atoms with Crippen LogP contribution in [-0.2, 0) is 11.8 Å². The van der Waals surface area contributed by atoms with E-state index >= 15 is 0 Å². The molecule has 2 aromatic carbocycles. The summed E-state index contributed by atoms with van der Waals surface area (Å²) in [5.74, 6) is 0. The lowest BCUT2D eigenvalue weighted by Crippen LogP contribution is -2.36. The maximum atomic E-state index is 5.41. The van der Waals surface area contributed by atoms with E-state index < -0.39 is 0 Å². The molecule has 0 spiro atoms. The quantitative estimate of drug-likeness (QED) is 0.544. The second-order valence-electron chi connectivity index (χ2n) is 6.25. The van der Waals surface area contributed by atoms with Crippen molar-refractivity contribution < 1.29 is 9.30 Å². The lowest BCUT2D eigenvalue weighted by molar-refractivity contribution is -0.645. The minimum atomic E-state index is 0.804. The van der Waals surface area contributed by atoms with Gasteiger partial charge in [-0.3, -0.25) is 0 Å². The molecule has 0 N–H and O–H groups in total. The van der Waals surface area contributed by atoms with Crippen LogP contribution in [0.25, 0.3) is 10.9 Å². The van der Waals surface area contributed by atoms with E-state index in [2.05, 4.69) is 82.2 Å². The van der Waals surface area contributed by atoms with Crippen LogP contribution in [-0.4, -0.2) is 32.5 Å². The Balaban J connectivity index is 1.54. The Morgan fingerprint density at radius 1 is 0.960 bits per heavy atom. The molecule has 1 fully saturated rings. The van der Waals surface area contributed by atoms with Gasteiger partial charge in [0, 0.05) is 36.3 Å². The van der Waals surface area contributed by atoms with Gasteiger partial charge in [-0.15, -0.1) is 0 Å². The van der Waals surface area contributed by atoms with E-state index in [-0.39, 0.29) is 0 Å². The Morgan fingerprint density at radius 3 is 2.52 bits per heavy atom. The molecule has 1 saturated heterocycles. The molecular weight excluding hydrogens is 310 g/mol. The van der Waals surface area contributed by atoms with E-state index in [0.717, 1.165) is 37.7 Å². The molecule has 0 unspecified atom stereocenters. The molecule has 25 heavy (non-hydrogen) atoms. The molecule has 2 heterocycles. The number of aryl methyl sites for hydroxylation is 1. The van der Waals surface area contributed by atoms with Gasteiger partial charge in [-0.25, -0.2) is 4.99 Å². The first-order valence-electron chi connectivity index (χ1n) is 8.66. The molecule has 0 radical (unpaired) electrons. The summed E-state index contributed by atoms with van der Waals surface area (Å²) in [6.07, 6.45) is 1.93. The van der Waals surface area contributed by atoms with Crippen molar-refractivity contribution in [3.63, 3.8) is 0 Å². The van der Waals surface area contributed by atoms with Crippen molar-refractivity contribution in [2.75, 3.05) is 31.2 Å². The molecule has 4 nitrogen and oxygen atoms in total. The van der Waals surface area contributed by atoms with Crippen LogP contribution in [0.2, 0.25) is 0 Å². The molecule has 0 atom stereocenters. The van der Waals surface area contributed by atoms with Crippen LogP contribution in [0.15, 0.2) is 65.7 Å². The summed E-state index contributed by atoms with van der Waals surface area (Å²) in [6.45, 7) is 3.52. The fourth-order valence-corrected chi connectivity index (χ4v) is 3.20. The summed E-state index contributed by atoms with van der Waals surface area (Å²) in [4.78, 5) is 6.99. The molecular formula is C21H22N3O+. The summed E-state index contributed by atoms with van der Waals surface area (Å²) in [5.41, 5.74) is 4.48. The number of rotatable bonds is 3. The number of ether oxygens (including phenoxy) is 1. The maximum absolute atomic E-state index is 5.41. The summed E-state index contributed by atoms with van der Waals surface area (Å²) in [6, 6.07) is 21.0. The van der Waals surface area contributed by atoms with Crippen LogP contribution >= 0.6 is 0 Å². The van der Waals surface area contributed by atoms with Crippen molar-refractivity contribution in [1.82, 2.24) is 0 Å². The van der Waals surface area contributed by atoms with Gasteiger partial charge in [-0.2, -0.15) is 4.57 Å². The molecule has 0 amide bonds. The number of benzene rings is 2. The topological polar surface area (TPSA) is 28.7 Å². The van der Waals surface area contributed by atoms with E-state index in [1.54, 1.807) is 0 Å². The molecule has 0 bridgehead atoms. The second-order valence-corrected chi connectivity index (χ2v) is 6.25. The molecule has 126 valence electrons. The summed E-state index contributed by atoms with van der Waals surface area (Å²) in [5, 5.41) is 1.23. The van der Waals surface area contributed by atoms with Crippen molar-refractivity contribution in [3.8, 4) is 0 Å². The summed E-state index contributed by atoms with van der Waals surface area (Å²) >= 11 is 0. The van der Waals surface area contributed by atoms with Crippen LogP contribution in [0, 0.1) is 0 Å². The number of hydrogen-bond donors (Lipinski definition) is 0. The number of nitrogens with zero attached hydrogens (tertiary/aromatic N) is 3. The predicted octanol–water partition coefficient (Wildman–Crippen LogP) is 3.25. The molecule has 1 aliphatic rings. The van der Waals surface area contributed by atoms with E-state index in [0.29, 0.717) is 0 Å². The second kappa shape index (κ2) is 7.03. The van der Waals surface area contributed by atoms with Crippen molar-refractivity contribution in [2.45, 2.75) is 0 Å². The summed E-state index contributed by atoms with van der Waals surface area (Å²) < 4.78 is 7.57. The number of aliphatic imine (C=N–C) groups is 1. The zero-order valence-corrected chi connectivity index (χ0v) is 14.4. The molecule has 4 heteroatoms. The lowest BCUT2D eigenvalue weighted by Gasteiger charge is -2.28. The fourth-order valence-electron chi connectivity index (χ4n) is 3.20. The maximum Gasteiger partial charge on any atom is 0.223 e. The third kappa shape index (κ3) is 3.39. The lowest BCUT2D eigenvalue weighted by atomic mass is 10.2. The third-order valence-electron chi connectivity index (χ3n) is 4.69. The number of pyridine rings is 1. The van der Waals surface area contributed by atoms with Gasteiger partial charge in [0.1, 0.15) is 7.05 Å². The average molecular weight is 332 g/mol. The van der Waals surface area contributed by atoms with E-state index in [1.165, 1.54) is 16.6 Å². The van der Waals surface area contributed by atoms with Crippen molar-refractivity contribution >= 4 is 28.5 Å². The zero-order chi connectivity index (χ0) is 17.1. The van der Waals surface area contributed by atoms with Gasteiger partial charge < -0.3 is 9.64 Å². The molecule has 3 aromatic rings. The third-order valence-corrected chi connectivity index (χ3v) is 4.69. The number of anilines is 1. The van der Waals surface area contributed by atoms with Crippen LogP contribution in [0.4, 0.5) is 11.4 Å². The number of fused-ring (bicyclic) bond motifs is 1. The standard InChI is InChI=1S/C21H22N3O/c1-23-20(9-6-17-4-2-3-5-21(17)23)16-22-18-7-10-19(11-8-18)24-12-14-25-15-13-24/h2-11,16H,12-15H2,1H3/q+1. The molecule has 0 aliphatic carbocycles. The predicted molar refractivity (Wildman–Crippen MR) is 102 cm³/mol. The highest BCUT2D eigenvalue weighted by molar-refractivity contribution is 5.82. The van der Waals surface area contributed by atoms with E-state index in [1.807, 2.05) is 6.21 Å². The zero-order valence-electron chi connectivity index (χ0n) is 14.4. The van der Waals surface area contributed by atoms with Gasteiger partial charge in [0.2, 0.25) is 11.2 Å². The Hall–Kier alpha value is -2.72. The van der Waals surface area contributed by atoms with Crippen LogP contribution < -0.4 is 9.47 Å². The normalized spacial score (nSPS) is 15.2. The van der Waals surface area contributed by atoms with E-state index in [4.69, 9.17) is 4.74 Å². The smallest absolute Gasteiger partial charge is 0.223 e. The minimum Gasteiger partial charge on any atom is -0.378 e. The highest BCUT2D eigenvalue weighted by Gasteiger charge is 2.11. The first kappa shape index (κ1) is 15.8. The fraction of sp³-hybridized carbons (Fsp3) is 0.238. The summed E-state index contributed by atoms with van der Waals surface area (Å²) in [7, 11) is 2.07. The Morgan fingerprint density at radius 2 is 1.72 bits per heavy atom. The monoisotopic (exact) mass is 332 g/mol. The number of aromatic nitrogens is 1. The van der Waals surface area contributed by atoms with Gasteiger partial charge in [0.25, 0.3) is 0 Å². The highest BCUT2D eigenvalue weighted by Crippen LogP contribution is 2.20. The Bertz CT molecular complexity index is 897. The van der Waals surface area contributed by atoms with Gasteiger partial charge in [-0.1, -0.05) is 12.1 Å². The van der Waals surface area contributed by atoms with Gasteiger partial charge in [0.15, 0.2) is 0 Å². The number of morpholine rings is 1. The van der Waals surface area contributed by atoms with Crippen LogP contribution in [0.3, 0.4) is 0 Å². The van der Waals surface area contributed by atoms with Crippen molar-refractivity contribution in [2.24, 2.45) is 12.0 Å². The highest BCUT2D eigenvalue weighted by atomic mass is 16.5. The SMILES string of the molecule is C[n+]1c(C=Nc2ccc(N3CCOCC3)cc2)ccc2ccccc21. The van der Waals surface area contributed by atoms with Crippen molar-refractivity contribution in [1.29, 1.82) is 0 Å². The van der Waals surface area contributed by atoms with Crippen molar-refractivity contribution in [3.05, 3.63) is 66.4 Å². The average Bonchev–Trinajstić information content (AvgIpc) is 2.69. The first-order valence-corrected chi connectivity index (χ1v) is 8.66. The Labute approximate surface area is 148 Å². The van der Waals surface area contributed by atoms with Gasteiger partial charge in [-0.05, 0) is 36.4 Å². The van der Waals surface area contributed by atoms with Crippen LogP contribution in [0.5, 0.6) is 0 Å². The number of hydrogen-bond acceptors (Lipinski definition) is 3.